The summed E-state index contributed by atoms with van der Waals surface area (Å²) in [6.45, 7) is 3.43. The van der Waals surface area contributed by atoms with Crippen molar-refractivity contribution >= 4 is 5.78 Å². The van der Waals surface area contributed by atoms with Crippen LogP contribution in [0.3, 0.4) is 0 Å². The van der Waals surface area contributed by atoms with E-state index >= 15 is 0 Å². The number of ketones is 1. The molecule has 0 atom stereocenters. The lowest BCUT2D eigenvalue weighted by Crippen LogP contribution is -2.02. The number of nitrogens with zero attached hydrogens (tertiary/aromatic N) is 1. The van der Waals surface area contributed by atoms with E-state index in [1.165, 1.54) is 0 Å². The fraction of sp³-hybridized carbons (Fsp3) is 0.600. The van der Waals surface area contributed by atoms with Crippen LogP contribution in [0.2, 0.25) is 0 Å². The molecule has 1 heterocycles. The first-order valence-corrected chi connectivity index (χ1v) is 7.09. The van der Waals surface area contributed by atoms with Crippen LogP contribution in [-0.4, -0.2) is 23.9 Å². The van der Waals surface area contributed by atoms with Gasteiger partial charge in [-0.15, -0.1) is 0 Å². The van der Waals surface area contributed by atoms with E-state index in [4.69, 9.17) is 10.5 Å². The molecule has 0 unspecified atom stereocenters. The third-order valence-corrected chi connectivity index (χ3v) is 2.87. The zero-order chi connectivity index (χ0) is 13.9. The molecule has 4 nitrogen and oxygen atoms in total. The molecule has 19 heavy (non-hydrogen) atoms. The number of hydrogen-bond acceptors (Lipinski definition) is 4. The van der Waals surface area contributed by atoms with Gasteiger partial charge >= 0.3 is 0 Å². The summed E-state index contributed by atoms with van der Waals surface area (Å²) in [5.41, 5.74) is 6.07. The maximum Gasteiger partial charge on any atom is 0.164 e. The van der Waals surface area contributed by atoms with Crippen molar-refractivity contribution in [3.63, 3.8) is 0 Å². The molecule has 0 aromatic carbocycles. The van der Waals surface area contributed by atoms with E-state index in [9.17, 15) is 4.79 Å². The molecule has 0 radical (unpaired) electrons. The van der Waals surface area contributed by atoms with Crippen molar-refractivity contribution in [2.45, 2.75) is 45.4 Å². The summed E-state index contributed by atoms with van der Waals surface area (Å²) in [5.74, 6) is 0.818. The lowest BCUT2D eigenvalue weighted by Gasteiger charge is -2.06. The highest BCUT2D eigenvalue weighted by molar-refractivity contribution is 5.96. The largest absolute Gasteiger partial charge is 0.492 e. The average molecular weight is 264 g/mol. The van der Waals surface area contributed by atoms with Gasteiger partial charge in [-0.05, 0) is 31.9 Å². The molecular formula is C15H24N2O2. The Balaban J connectivity index is 2.38. The minimum Gasteiger partial charge on any atom is -0.492 e. The van der Waals surface area contributed by atoms with Gasteiger partial charge in [0.2, 0.25) is 0 Å². The summed E-state index contributed by atoms with van der Waals surface area (Å²) >= 11 is 0. The average Bonchev–Trinajstić information content (AvgIpc) is 2.45. The first-order chi connectivity index (χ1) is 9.27. The van der Waals surface area contributed by atoms with E-state index in [0.29, 0.717) is 24.3 Å². The molecule has 0 fully saturated rings. The van der Waals surface area contributed by atoms with Gasteiger partial charge in [0.25, 0.3) is 0 Å². The third-order valence-electron chi connectivity index (χ3n) is 2.87. The minimum atomic E-state index is 0.141. The smallest absolute Gasteiger partial charge is 0.164 e. The number of aromatic nitrogens is 1. The van der Waals surface area contributed by atoms with Gasteiger partial charge in [0, 0.05) is 18.2 Å². The number of hydrogen-bond donors (Lipinski definition) is 1. The van der Waals surface area contributed by atoms with Gasteiger partial charge in [-0.2, -0.15) is 0 Å². The Labute approximate surface area is 115 Å². The minimum absolute atomic E-state index is 0.141. The molecule has 0 bridgehead atoms. The summed E-state index contributed by atoms with van der Waals surface area (Å²) in [6, 6.07) is 1.78. The number of carbonyl (C=O) groups excluding carboxylic acids is 1. The van der Waals surface area contributed by atoms with Crippen LogP contribution in [0.1, 0.15) is 55.8 Å². The van der Waals surface area contributed by atoms with Crippen molar-refractivity contribution in [2.75, 3.05) is 13.2 Å². The van der Waals surface area contributed by atoms with Gasteiger partial charge in [0.1, 0.15) is 5.75 Å². The Morgan fingerprint density at radius 2 is 2.05 bits per heavy atom. The predicted octanol–water partition coefficient (Wildman–Crippen LogP) is 2.96. The Bertz CT molecular complexity index is 380. The SMILES string of the molecule is CCCOc1cncc(C(=O)CCCCCCN)c1. The van der Waals surface area contributed by atoms with E-state index in [1.54, 1.807) is 18.5 Å². The second-order valence-corrected chi connectivity index (χ2v) is 4.63. The third kappa shape index (κ3) is 6.34. The van der Waals surface area contributed by atoms with Gasteiger partial charge in [-0.3, -0.25) is 9.78 Å². The van der Waals surface area contributed by atoms with Crippen molar-refractivity contribution < 1.29 is 9.53 Å². The number of unbranched alkanes of at least 4 members (excludes halogenated alkanes) is 3. The molecule has 1 aromatic heterocycles. The molecule has 1 rings (SSSR count). The van der Waals surface area contributed by atoms with Gasteiger partial charge in [0.05, 0.1) is 12.8 Å². The maximum absolute atomic E-state index is 12.0. The summed E-state index contributed by atoms with van der Waals surface area (Å²) in [5, 5.41) is 0. The maximum atomic E-state index is 12.0. The molecule has 0 saturated carbocycles. The highest BCUT2D eigenvalue weighted by atomic mass is 16.5. The summed E-state index contributed by atoms with van der Waals surface area (Å²) in [6.07, 6.45) is 8.89. The number of rotatable bonds is 10. The Kier molecular flexibility index (Phi) is 7.82. The van der Waals surface area contributed by atoms with Crippen LogP contribution < -0.4 is 10.5 Å². The van der Waals surface area contributed by atoms with Gasteiger partial charge in [-0.25, -0.2) is 0 Å². The number of ether oxygens (including phenoxy) is 1. The number of Topliss-reactive ketones (excluding diaryl/α,β-unsaturated/α-hetero) is 1. The summed E-state index contributed by atoms with van der Waals surface area (Å²) in [4.78, 5) is 16.0. The van der Waals surface area contributed by atoms with Crippen LogP contribution in [-0.2, 0) is 0 Å². The Hall–Kier alpha value is -1.42. The van der Waals surface area contributed by atoms with E-state index < -0.39 is 0 Å². The molecule has 4 heteroatoms. The quantitative estimate of drug-likeness (QED) is 0.521. The molecule has 0 aliphatic heterocycles. The summed E-state index contributed by atoms with van der Waals surface area (Å²) < 4.78 is 5.47. The van der Waals surface area contributed by atoms with Gasteiger partial charge in [0.15, 0.2) is 5.78 Å². The molecule has 0 aliphatic carbocycles. The fourth-order valence-corrected chi connectivity index (χ4v) is 1.80. The van der Waals surface area contributed by atoms with Crippen molar-refractivity contribution in [3.8, 4) is 5.75 Å². The highest BCUT2D eigenvalue weighted by Gasteiger charge is 2.07. The van der Waals surface area contributed by atoms with Crippen LogP contribution in [0.25, 0.3) is 0 Å². The van der Waals surface area contributed by atoms with Crippen LogP contribution in [0.15, 0.2) is 18.5 Å². The zero-order valence-electron chi connectivity index (χ0n) is 11.7. The van der Waals surface area contributed by atoms with Gasteiger partial charge in [-0.1, -0.05) is 19.8 Å². The van der Waals surface area contributed by atoms with E-state index in [2.05, 4.69) is 4.98 Å². The van der Waals surface area contributed by atoms with Crippen LogP contribution in [0.5, 0.6) is 5.75 Å². The molecule has 0 saturated heterocycles. The van der Waals surface area contributed by atoms with Crippen LogP contribution in [0, 0.1) is 0 Å². The zero-order valence-corrected chi connectivity index (χ0v) is 11.7. The van der Waals surface area contributed by atoms with Crippen molar-refractivity contribution in [1.82, 2.24) is 4.98 Å². The van der Waals surface area contributed by atoms with Gasteiger partial charge < -0.3 is 10.5 Å². The Morgan fingerprint density at radius 3 is 2.79 bits per heavy atom. The topological polar surface area (TPSA) is 65.2 Å². The van der Waals surface area contributed by atoms with Crippen LogP contribution in [0.4, 0.5) is 0 Å². The van der Waals surface area contributed by atoms with E-state index in [0.717, 1.165) is 38.6 Å². The molecule has 0 amide bonds. The lowest BCUT2D eigenvalue weighted by atomic mass is 10.1. The molecule has 106 valence electrons. The lowest BCUT2D eigenvalue weighted by molar-refractivity contribution is 0.0978. The summed E-state index contributed by atoms with van der Waals surface area (Å²) in [7, 11) is 0. The fourth-order valence-electron chi connectivity index (χ4n) is 1.80. The van der Waals surface area contributed by atoms with Crippen molar-refractivity contribution in [2.24, 2.45) is 5.73 Å². The molecule has 0 aliphatic rings. The van der Waals surface area contributed by atoms with E-state index in [-0.39, 0.29) is 5.78 Å². The van der Waals surface area contributed by atoms with E-state index in [1.807, 2.05) is 6.92 Å². The van der Waals surface area contributed by atoms with Crippen molar-refractivity contribution in [1.29, 1.82) is 0 Å². The molecular weight excluding hydrogens is 240 g/mol. The second-order valence-electron chi connectivity index (χ2n) is 4.63. The highest BCUT2D eigenvalue weighted by Crippen LogP contribution is 2.14. The number of pyridine rings is 1. The molecule has 0 spiro atoms. The predicted molar refractivity (Wildman–Crippen MR) is 76.5 cm³/mol. The normalized spacial score (nSPS) is 10.4. The number of nitrogens with two attached hydrogens (primary N) is 1. The molecule has 1 aromatic rings. The Morgan fingerprint density at radius 1 is 1.26 bits per heavy atom. The first-order valence-electron chi connectivity index (χ1n) is 7.09. The molecule has 2 N–H and O–H groups in total. The monoisotopic (exact) mass is 264 g/mol. The second kappa shape index (κ2) is 9.50. The number of carbonyl (C=O) groups is 1. The standard InChI is InChI=1S/C15H24N2O2/c1-2-9-19-14-10-13(11-17-12-14)15(18)7-5-3-4-6-8-16/h10-12H,2-9,16H2,1H3. The van der Waals surface area contributed by atoms with Crippen molar-refractivity contribution in [3.05, 3.63) is 24.0 Å². The first kappa shape index (κ1) is 15.6. The van der Waals surface area contributed by atoms with Crippen LogP contribution >= 0.6 is 0 Å².